The quantitative estimate of drug-likeness (QED) is 0.638. The number of nitrogens with one attached hydrogen (secondary N) is 2. The van der Waals surface area contributed by atoms with Gasteiger partial charge in [0.25, 0.3) is 0 Å². The van der Waals surface area contributed by atoms with Gasteiger partial charge in [-0.3, -0.25) is 14.9 Å². The highest BCUT2D eigenvalue weighted by Gasteiger charge is 2.45. The van der Waals surface area contributed by atoms with E-state index in [0.29, 0.717) is 43.1 Å². The van der Waals surface area contributed by atoms with E-state index in [1.807, 2.05) is 18.2 Å². The number of hydrogen-bond donors (Lipinski definition) is 2. The largest absolute Gasteiger partial charge is 0.497 e. The van der Waals surface area contributed by atoms with Gasteiger partial charge in [-0.15, -0.1) is 0 Å². The number of methoxy groups -OCH3 is 1. The molecule has 31 heavy (non-hydrogen) atoms. The Kier molecular flexibility index (Phi) is 5.86. The molecule has 0 radical (unpaired) electrons. The second kappa shape index (κ2) is 8.58. The average molecular weight is 488 g/mol. The molecule has 2 heterocycles. The highest BCUT2D eigenvalue weighted by molar-refractivity contribution is 9.10. The molecule has 0 aromatic heterocycles. The smallest absolute Gasteiger partial charge is 0.412 e. The fourth-order valence-electron chi connectivity index (χ4n) is 3.98. The van der Waals surface area contributed by atoms with E-state index in [1.54, 1.807) is 36.3 Å². The lowest BCUT2D eigenvalue weighted by atomic mass is 9.82. The maximum Gasteiger partial charge on any atom is 0.412 e. The molecule has 1 fully saturated rings. The third kappa shape index (κ3) is 4.51. The molecular formula is C22H22BrN3O5. The third-order valence-corrected chi connectivity index (χ3v) is 6.13. The molecule has 9 heteroatoms. The van der Waals surface area contributed by atoms with Crippen molar-refractivity contribution >= 4 is 45.2 Å². The van der Waals surface area contributed by atoms with Crippen molar-refractivity contribution in [1.29, 1.82) is 0 Å². The summed E-state index contributed by atoms with van der Waals surface area (Å²) in [6.07, 6.45) is 0.141. The first-order valence-electron chi connectivity index (χ1n) is 9.90. The van der Waals surface area contributed by atoms with Crippen LogP contribution in [0.4, 0.5) is 16.2 Å². The Morgan fingerprint density at radius 2 is 1.90 bits per heavy atom. The van der Waals surface area contributed by atoms with E-state index in [1.165, 1.54) is 0 Å². The Hall–Kier alpha value is -3.07. The molecule has 0 aliphatic carbocycles. The van der Waals surface area contributed by atoms with Crippen molar-refractivity contribution in [2.24, 2.45) is 0 Å². The van der Waals surface area contributed by atoms with Crippen molar-refractivity contribution in [3.63, 3.8) is 0 Å². The van der Waals surface area contributed by atoms with Crippen molar-refractivity contribution in [3.8, 4) is 5.75 Å². The van der Waals surface area contributed by atoms with Gasteiger partial charge in [-0.25, -0.2) is 4.79 Å². The second-order valence-corrected chi connectivity index (χ2v) is 8.45. The zero-order chi connectivity index (χ0) is 22.0. The van der Waals surface area contributed by atoms with Crippen molar-refractivity contribution in [2.75, 3.05) is 30.8 Å². The molecule has 1 saturated heterocycles. The van der Waals surface area contributed by atoms with Crippen LogP contribution < -0.4 is 15.4 Å². The number of carbonyl (C=O) groups excluding carboxylic acids is 3. The summed E-state index contributed by atoms with van der Waals surface area (Å²) in [6, 6.07) is 12.6. The number of piperidine rings is 1. The molecule has 0 bridgehead atoms. The van der Waals surface area contributed by atoms with Gasteiger partial charge >= 0.3 is 6.09 Å². The number of benzene rings is 2. The van der Waals surface area contributed by atoms with Crippen LogP contribution in [0.1, 0.15) is 24.8 Å². The van der Waals surface area contributed by atoms with Crippen molar-refractivity contribution in [1.82, 2.24) is 4.90 Å². The number of fused-ring (bicyclic) bond motifs is 2. The standard InChI is InChI=1S/C22H22BrN3O5/c1-30-16-6-7-18-17(12-16)22(31-21(29)25-18)8-10-26(11-9-22)20(28)13-19(27)24-15-4-2-14(23)3-5-15/h2-7,12H,8-11,13H2,1H3,(H,24,27)(H,25,29). The topological polar surface area (TPSA) is 97.0 Å². The summed E-state index contributed by atoms with van der Waals surface area (Å²) in [4.78, 5) is 38.7. The van der Waals surface area contributed by atoms with Crippen LogP contribution in [-0.2, 0) is 19.9 Å². The van der Waals surface area contributed by atoms with Crippen LogP contribution in [0.15, 0.2) is 46.9 Å². The molecule has 0 saturated carbocycles. The number of anilines is 2. The molecule has 162 valence electrons. The minimum atomic E-state index is -0.817. The zero-order valence-corrected chi connectivity index (χ0v) is 18.5. The monoisotopic (exact) mass is 487 g/mol. The van der Waals surface area contributed by atoms with Crippen LogP contribution >= 0.6 is 15.9 Å². The third-order valence-electron chi connectivity index (χ3n) is 5.61. The summed E-state index contributed by atoms with van der Waals surface area (Å²) >= 11 is 3.34. The van der Waals surface area contributed by atoms with Gasteiger partial charge in [-0.2, -0.15) is 0 Å². The zero-order valence-electron chi connectivity index (χ0n) is 16.9. The molecular weight excluding hydrogens is 466 g/mol. The Morgan fingerprint density at radius 1 is 1.19 bits per heavy atom. The summed E-state index contributed by atoms with van der Waals surface area (Å²) in [5.74, 6) is 0.0487. The number of ether oxygens (including phenoxy) is 2. The van der Waals surface area contributed by atoms with E-state index in [0.717, 1.165) is 10.0 Å². The van der Waals surface area contributed by atoms with E-state index >= 15 is 0 Å². The lowest BCUT2D eigenvalue weighted by molar-refractivity contribution is -0.138. The first-order chi connectivity index (χ1) is 14.9. The molecule has 1 spiro atoms. The lowest BCUT2D eigenvalue weighted by Crippen LogP contribution is -2.50. The first kappa shape index (κ1) is 21.2. The fraction of sp³-hybridized carbons (Fsp3) is 0.318. The summed E-state index contributed by atoms with van der Waals surface area (Å²) in [5.41, 5.74) is 1.34. The fourth-order valence-corrected chi connectivity index (χ4v) is 4.24. The number of hydrogen-bond acceptors (Lipinski definition) is 5. The van der Waals surface area contributed by atoms with Crippen molar-refractivity contribution in [3.05, 3.63) is 52.5 Å². The summed E-state index contributed by atoms with van der Waals surface area (Å²) in [5, 5.41) is 5.45. The van der Waals surface area contributed by atoms with E-state index in [4.69, 9.17) is 9.47 Å². The molecule has 2 aromatic carbocycles. The molecule has 2 aromatic rings. The lowest BCUT2D eigenvalue weighted by Gasteiger charge is -2.44. The molecule has 2 N–H and O–H groups in total. The van der Waals surface area contributed by atoms with Crippen molar-refractivity contribution < 1.29 is 23.9 Å². The number of amides is 3. The molecule has 2 aliphatic heterocycles. The second-order valence-electron chi connectivity index (χ2n) is 7.53. The van der Waals surface area contributed by atoms with Gasteiger partial charge in [0.15, 0.2) is 0 Å². The van der Waals surface area contributed by atoms with Gasteiger partial charge < -0.3 is 19.7 Å². The van der Waals surface area contributed by atoms with Crippen LogP contribution in [-0.4, -0.2) is 43.0 Å². The maximum absolute atomic E-state index is 12.7. The van der Waals surface area contributed by atoms with Gasteiger partial charge in [0.2, 0.25) is 11.8 Å². The maximum atomic E-state index is 12.7. The Morgan fingerprint density at radius 3 is 2.58 bits per heavy atom. The molecule has 4 rings (SSSR count). The van der Waals surface area contributed by atoms with Gasteiger partial charge in [0.05, 0.1) is 12.8 Å². The Bertz CT molecular complexity index is 1020. The van der Waals surface area contributed by atoms with Gasteiger partial charge in [0.1, 0.15) is 17.8 Å². The van der Waals surface area contributed by atoms with Crippen LogP contribution in [0.25, 0.3) is 0 Å². The van der Waals surface area contributed by atoms with Crippen LogP contribution in [0, 0.1) is 0 Å². The average Bonchev–Trinajstić information content (AvgIpc) is 2.75. The molecule has 3 amide bonds. The van der Waals surface area contributed by atoms with Crippen LogP contribution in [0.5, 0.6) is 5.75 Å². The van der Waals surface area contributed by atoms with E-state index in [-0.39, 0.29) is 18.2 Å². The highest BCUT2D eigenvalue weighted by Crippen LogP contribution is 2.44. The predicted molar refractivity (Wildman–Crippen MR) is 118 cm³/mol. The summed E-state index contributed by atoms with van der Waals surface area (Å²) < 4.78 is 11.9. The van der Waals surface area contributed by atoms with E-state index in [2.05, 4.69) is 26.6 Å². The number of nitrogens with zero attached hydrogens (tertiary/aromatic N) is 1. The van der Waals surface area contributed by atoms with Crippen LogP contribution in [0.2, 0.25) is 0 Å². The number of likely N-dealkylation sites (tertiary alicyclic amines) is 1. The van der Waals surface area contributed by atoms with Crippen molar-refractivity contribution in [2.45, 2.75) is 24.9 Å². The number of carbonyl (C=O) groups is 3. The summed E-state index contributed by atoms with van der Waals surface area (Å²) in [7, 11) is 1.58. The highest BCUT2D eigenvalue weighted by atomic mass is 79.9. The SMILES string of the molecule is COc1ccc2c(c1)C1(CCN(C(=O)CC(=O)Nc3ccc(Br)cc3)CC1)OC(=O)N2. The molecule has 8 nitrogen and oxygen atoms in total. The van der Waals surface area contributed by atoms with E-state index in [9.17, 15) is 14.4 Å². The Labute approximate surface area is 188 Å². The minimum absolute atomic E-state index is 0.241. The minimum Gasteiger partial charge on any atom is -0.497 e. The van der Waals surface area contributed by atoms with Crippen LogP contribution in [0.3, 0.4) is 0 Å². The predicted octanol–water partition coefficient (Wildman–Crippen LogP) is 3.87. The number of rotatable bonds is 4. The van der Waals surface area contributed by atoms with Gasteiger partial charge in [0, 0.05) is 41.7 Å². The first-order valence-corrected chi connectivity index (χ1v) is 10.7. The molecule has 2 aliphatic rings. The van der Waals surface area contributed by atoms with Gasteiger partial charge in [-0.05, 0) is 42.5 Å². The number of halogens is 1. The Balaban J connectivity index is 1.40. The summed E-state index contributed by atoms with van der Waals surface area (Å²) in [6.45, 7) is 0.767. The van der Waals surface area contributed by atoms with Gasteiger partial charge in [-0.1, -0.05) is 15.9 Å². The van der Waals surface area contributed by atoms with E-state index < -0.39 is 11.7 Å². The normalized spacial score (nSPS) is 16.7. The molecule has 0 atom stereocenters. The molecule has 0 unspecified atom stereocenters.